The monoisotopic (exact) mass is 524 g/mol. The van der Waals surface area contributed by atoms with Crippen LogP contribution in [0.1, 0.15) is 24.6 Å². The number of hydrogen-bond acceptors (Lipinski definition) is 10. The Bertz CT molecular complexity index is 1330. The predicted molar refractivity (Wildman–Crippen MR) is 139 cm³/mol. The first-order valence-corrected chi connectivity index (χ1v) is 12.9. The van der Waals surface area contributed by atoms with Crippen LogP contribution in [0.3, 0.4) is 0 Å². The number of carbonyl (C=O) groups excluding carboxylic acids is 2. The van der Waals surface area contributed by atoms with Crippen molar-refractivity contribution in [1.82, 2.24) is 19.9 Å². The molecule has 2 aliphatic rings. The van der Waals surface area contributed by atoms with Crippen LogP contribution >= 0.6 is 11.8 Å². The molecular weight excluding hydrogens is 496 g/mol. The van der Waals surface area contributed by atoms with Crippen LogP contribution in [0.25, 0.3) is 11.0 Å². The number of aliphatic hydroxyl groups excluding tert-OH is 1. The van der Waals surface area contributed by atoms with Crippen LogP contribution < -0.4 is 15.4 Å². The summed E-state index contributed by atoms with van der Waals surface area (Å²) in [5.41, 5.74) is 1.20. The molecular formula is C25H28N6O5S. The first-order chi connectivity index (χ1) is 17.9. The van der Waals surface area contributed by atoms with Gasteiger partial charge in [0.1, 0.15) is 23.0 Å². The van der Waals surface area contributed by atoms with Crippen molar-refractivity contribution in [3.8, 4) is 5.88 Å². The van der Waals surface area contributed by atoms with Gasteiger partial charge in [-0.3, -0.25) is 14.6 Å². The van der Waals surface area contributed by atoms with Crippen molar-refractivity contribution in [2.24, 2.45) is 0 Å². The van der Waals surface area contributed by atoms with Crippen LogP contribution in [-0.4, -0.2) is 82.0 Å². The second-order valence-corrected chi connectivity index (χ2v) is 9.99. The Labute approximate surface area is 218 Å². The number of amides is 2. The van der Waals surface area contributed by atoms with Crippen molar-refractivity contribution in [1.29, 1.82) is 0 Å². The zero-order chi connectivity index (χ0) is 26.0. The van der Waals surface area contributed by atoms with Gasteiger partial charge in [-0.15, -0.1) is 11.8 Å². The van der Waals surface area contributed by atoms with Crippen molar-refractivity contribution < 1.29 is 24.2 Å². The quantitative estimate of drug-likeness (QED) is 0.422. The molecule has 12 heteroatoms. The number of anilines is 2. The number of fused-ring (bicyclic) bond motifs is 2. The fraction of sp³-hybridized carbons (Fsp3) is 0.400. The molecule has 11 nitrogen and oxygen atoms in total. The molecule has 3 N–H and O–H groups in total. The normalized spacial score (nSPS) is 18.1. The molecule has 5 rings (SSSR count). The number of nitrogens with one attached hydrogen (secondary N) is 2. The number of hydrogen-bond donors (Lipinski definition) is 3. The highest BCUT2D eigenvalue weighted by molar-refractivity contribution is 8.00. The van der Waals surface area contributed by atoms with Gasteiger partial charge < -0.3 is 30.1 Å². The molecule has 1 fully saturated rings. The minimum atomic E-state index is -1.01. The van der Waals surface area contributed by atoms with Gasteiger partial charge in [0.25, 0.3) is 5.91 Å². The summed E-state index contributed by atoms with van der Waals surface area (Å²) in [6.45, 7) is 1.46. The minimum Gasteiger partial charge on any atom is -0.481 e. The highest BCUT2D eigenvalue weighted by atomic mass is 32.2. The van der Waals surface area contributed by atoms with Gasteiger partial charge in [-0.05, 0) is 37.1 Å². The van der Waals surface area contributed by atoms with Gasteiger partial charge in [-0.1, -0.05) is 0 Å². The molecule has 2 amide bonds. The number of thioether (sulfide) groups is 1. The molecule has 0 aromatic carbocycles. The van der Waals surface area contributed by atoms with E-state index in [1.807, 2.05) is 6.07 Å². The number of rotatable bonds is 7. The number of carbonyl (C=O) groups is 2. The van der Waals surface area contributed by atoms with Crippen LogP contribution in [0.4, 0.5) is 11.5 Å². The Morgan fingerprint density at radius 2 is 2.03 bits per heavy atom. The van der Waals surface area contributed by atoms with E-state index in [1.54, 1.807) is 37.6 Å². The van der Waals surface area contributed by atoms with Gasteiger partial charge >= 0.3 is 0 Å². The smallest absolute Gasteiger partial charge is 0.256 e. The molecule has 1 unspecified atom stereocenters. The standard InChI is InChI=1S/C25H28N6O5S/c1-35-21-6-4-16-22(30-21)17(7-10-26-16)28-24(34)25(36-2)8-11-31(12-9-25)13-18(32)15-3-5-19-23(27-15)29-20(33)14-37-19/h3-7,10,18,32H,8-9,11-14H2,1-2H3,(H,26,28,34)(H,27,29,33). The van der Waals surface area contributed by atoms with E-state index in [2.05, 4.69) is 30.5 Å². The summed E-state index contributed by atoms with van der Waals surface area (Å²) < 4.78 is 11.0. The van der Waals surface area contributed by atoms with Crippen molar-refractivity contribution in [3.05, 3.63) is 42.2 Å². The maximum Gasteiger partial charge on any atom is 0.256 e. The molecule has 0 saturated carbocycles. The molecule has 194 valence electrons. The maximum absolute atomic E-state index is 13.4. The zero-order valence-electron chi connectivity index (χ0n) is 20.6. The van der Waals surface area contributed by atoms with E-state index in [1.165, 1.54) is 18.9 Å². The van der Waals surface area contributed by atoms with Gasteiger partial charge in [0.2, 0.25) is 11.8 Å². The Morgan fingerprint density at radius 3 is 2.78 bits per heavy atom. The number of aliphatic hydroxyl groups is 1. The Hall–Kier alpha value is -3.32. The highest BCUT2D eigenvalue weighted by Gasteiger charge is 2.42. The molecule has 1 atom stereocenters. The van der Waals surface area contributed by atoms with E-state index in [4.69, 9.17) is 9.47 Å². The molecule has 3 aromatic rings. The summed E-state index contributed by atoms with van der Waals surface area (Å²) in [5, 5.41) is 16.5. The summed E-state index contributed by atoms with van der Waals surface area (Å²) in [6, 6.07) is 8.86. The topological polar surface area (TPSA) is 139 Å². The van der Waals surface area contributed by atoms with E-state index in [0.717, 1.165) is 4.90 Å². The van der Waals surface area contributed by atoms with Crippen molar-refractivity contribution in [2.45, 2.75) is 29.4 Å². The number of likely N-dealkylation sites (tertiary alicyclic amines) is 1. The second kappa shape index (κ2) is 10.6. The lowest BCUT2D eigenvalue weighted by Crippen LogP contribution is -2.53. The lowest BCUT2D eigenvalue weighted by molar-refractivity contribution is -0.144. The minimum absolute atomic E-state index is 0.100. The molecule has 0 radical (unpaired) electrons. The maximum atomic E-state index is 13.4. The van der Waals surface area contributed by atoms with Crippen LogP contribution in [0.5, 0.6) is 5.88 Å². The summed E-state index contributed by atoms with van der Waals surface area (Å²) in [5.74, 6) is 0.927. The Balaban J connectivity index is 1.23. The number of nitrogens with zero attached hydrogens (tertiary/aromatic N) is 4. The third kappa shape index (κ3) is 5.23. The average molecular weight is 525 g/mol. The summed E-state index contributed by atoms with van der Waals surface area (Å²) in [6.07, 6.45) is 1.69. The first kappa shape index (κ1) is 25.3. The third-order valence-electron chi connectivity index (χ3n) is 6.75. The molecule has 0 spiro atoms. The van der Waals surface area contributed by atoms with Crippen LogP contribution in [-0.2, 0) is 14.3 Å². The molecule has 3 aromatic heterocycles. The number of piperidine rings is 1. The van der Waals surface area contributed by atoms with Gasteiger partial charge in [-0.2, -0.15) is 0 Å². The fourth-order valence-electron chi connectivity index (χ4n) is 4.58. The van der Waals surface area contributed by atoms with Gasteiger partial charge in [0.15, 0.2) is 0 Å². The van der Waals surface area contributed by atoms with E-state index in [-0.39, 0.29) is 11.8 Å². The number of aromatic nitrogens is 3. The first-order valence-electron chi connectivity index (χ1n) is 11.9. The van der Waals surface area contributed by atoms with Crippen molar-refractivity contribution in [3.63, 3.8) is 0 Å². The SMILES string of the molecule is COc1ccc2nccc(NC(=O)C3(OC)CCN(CC(O)c4ccc5c(n4)NC(=O)CS5)CC3)c2n1. The summed E-state index contributed by atoms with van der Waals surface area (Å²) in [4.78, 5) is 41.2. The molecule has 5 heterocycles. The third-order valence-corrected chi connectivity index (χ3v) is 7.80. The molecule has 0 aliphatic carbocycles. The molecule has 2 aliphatic heterocycles. The van der Waals surface area contributed by atoms with Gasteiger partial charge in [0.05, 0.1) is 34.7 Å². The summed E-state index contributed by atoms with van der Waals surface area (Å²) >= 11 is 1.43. The Kier molecular flexibility index (Phi) is 7.24. The lowest BCUT2D eigenvalue weighted by atomic mass is 9.89. The van der Waals surface area contributed by atoms with E-state index in [0.29, 0.717) is 72.3 Å². The van der Waals surface area contributed by atoms with Gasteiger partial charge in [0, 0.05) is 39.0 Å². The fourth-order valence-corrected chi connectivity index (χ4v) is 5.34. The Morgan fingerprint density at radius 1 is 1.22 bits per heavy atom. The zero-order valence-corrected chi connectivity index (χ0v) is 21.4. The summed E-state index contributed by atoms with van der Waals surface area (Å²) in [7, 11) is 3.07. The average Bonchev–Trinajstić information content (AvgIpc) is 2.93. The molecule has 1 saturated heterocycles. The van der Waals surface area contributed by atoms with Crippen LogP contribution in [0.15, 0.2) is 41.4 Å². The largest absolute Gasteiger partial charge is 0.481 e. The van der Waals surface area contributed by atoms with E-state index >= 15 is 0 Å². The number of ether oxygens (including phenoxy) is 2. The van der Waals surface area contributed by atoms with Crippen molar-refractivity contribution >= 4 is 46.1 Å². The van der Waals surface area contributed by atoms with Gasteiger partial charge in [-0.25, -0.2) is 9.97 Å². The highest BCUT2D eigenvalue weighted by Crippen LogP contribution is 2.33. The number of β-amino-alcohol motifs (C(OH)–C–C–N with tert-alkyl or cyclic N) is 1. The second-order valence-electron chi connectivity index (χ2n) is 8.97. The van der Waals surface area contributed by atoms with Crippen molar-refractivity contribution in [2.75, 3.05) is 50.2 Å². The lowest BCUT2D eigenvalue weighted by Gasteiger charge is -2.40. The van der Waals surface area contributed by atoms with Crippen LogP contribution in [0.2, 0.25) is 0 Å². The van der Waals surface area contributed by atoms with E-state index < -0.39 is 11.7 Å². The van der Waals surface area contributed by atoms with Crippen LogP contribution in [0, 0.1) is 0 Å². The van der Waals surface area contributed by atoms with E-state index in [9.17, 15) is 14.7 Å². The molecule has 0 bridgehead atoms. The predicted octanol–water partition coefficient (Wildman–Crippen LogP) is 2.23. The molecule has 37 heavy (non-hydrogen) atoms. The number of methoxy groups -OCH3 is 2. The number of pyridine rings is 3.